The lowest BCUT2D eigenvalue weighted by atomic mass is 10.1. The second kappa shape index (κ2) is 2.48. The lowest BCUT2D eigenvalue weighted by Gasteiger charge is -1.96. The molecule has 0 aliphatic heterocycles. The molecule has 0 saturated carbocycles. The lowest BCUT2D eigenvalue weighted by molar-refractivity contribution is 0.560. The zero-order valence-corrected chi connectivity index (χ0v) is 6.63. The second-order valence-electron chi connectivity index (χ2n) is 2.66. The maximum Gasteiger partial charge on any atom is 0.336 e. The quantitative estimate of drug-likeness (QED) is 0.549. The Morgan fingerprint density at radius 2 is 2.25 bits per heavy atom. The molecule has 0 aliphatic carbocycles. The van der Waals surface area contributed by atoms with Crippen LogP contribution < -0.4 is 5.63 Å². The Morgan fingerprint density at radius 3 is 3.08 bits per heavy atom. The summed E-state index contributed by atoms with van der Waals surface area (Å²) < 4.78 is 4.96. The minimum absolute atomic E-state index is 0.354. The van der Waals surface area contributed by atoms with Crippen molar-refractivity contribution in [3.63, 3.8) is 0 Å². The summed E-state index contributed by atoms with van der Waals surface area (Å²) in [5, 5.41) is 0.872. The standard InChI is InChI=1S/C10H7O2/c1-7-3-2-4-9-8(7)5-6-10(11)12-9/h2-4,6H,1H3. The van der Waals surface area contributed by atoms with E-state index in [0.29, 0.717) is 5.58 Å². The first-order valence-electron chi connectivity index (χ1n) is 3.68. The van der Waals surface area contributed by atoms with Gasteiger partial charge in [-0.15, -0.1) is 0 Å². The largest absolute Gasteiger partial charge is 0.423 e. The zero-order chi connectivity index (χ0) is 8.55. The molecule has 1 aromatic heterocycles. The second-order valence-corrected chi connectivity index (χ2v) is 2.66. The fourth-order valence-corrected chi connectivity index (χ4v) is 1.18. The van der Waals surface area contributed by atoms with Gasteiger partial charge in [0.05, 0.1) is 0 Å². The van der Waals surface area contributed by atoms with Crippen molar-refractivity contribution in [2.24, 2.45) is 0 Å². The summed E-state index contributed by atoms with van der Waals surface area (Å²) in [5.74, 6) is 0. The minimum Gasteiger partial charge on any atom is -0.423 e. The normalized spacial score (nSPS) is 10.4. The summed E-state index contributed by atoms with van der Waals surface area (Å²) in [6.07, 6.45) is 0. The zero-order valence-electron chi connectivity index (χ0n) is 6.63. The van der Waals surface area contributed by atoms with Crippen molar-refractivity contribution in [3.8, 4) is 0 Å². The van der Waals surface area contributed by atoms with E-state index in [0.717, 1.165) is 10.9 Å². The van der Waals surface area contributed by atoms with Gasteiger partial charge in [-0.25, -0.2) is 4.79 Å². The van der Waals surface area contributed by atoms with Gasteiger partial charge in [-0.05, 0) is 18.6 Å². The molecule has 59 valence electrons. The van der Waals surface area contributed by atoms with Crippen LogP contribution in [0.25, 0.3) is 11.0 Å². The molecule has 12 heavy (non-hydrogen) atoms. The van der Waals surface area contributed by atoms with Crippen molar-refractivity contribution in [3.05, 3.63) is 46.3 Å². The monoisotopic (exact) mass is 159 g/mol. The third kappa shape index (κ3) is 1.01. The molecule has 0 saturated heterocycles. The van der Waals surface area contributed by atoms with Crippen LogP contribution >= 0.6 is 0 Å². The number of hydrogen-bond donors (Lipinski definition) is 0. The average Bonchev–Trinajstić information content (AvgIpc) is 2.04. The Hall–Kier alpha value is -1.57. The molecule has 1 aromatic carbocycles. The van der Waals surface area contributed by atoms with Crippen molar-refractivity contribution >= 4 is 11.0 Å². The summed E-state index contributed by atoms with van der Waals surface area (Å²) in [6, 6.07) is 9.77. The van der Waals surface area contributed by atoms with Crippen LogP contribution in [0.3, 0.4) is 0 Å². The predicted octanol–water partition coefficient (Wildman–Crippen LogP) is 1.90. The van der Waals surface area contributed by atoms with E-state index in [2.05, 4.69) is 6.07 Å². The number of fused-ring (bicyclic) bond motifs is 1. The summed E-state index contributed by atoms with van der Waals surface area (Å²) in [5.41, 5.74) is 1.31. The minimum atomic E-state index is -0.354. The SMILES string of the molecule is Cc1cccc2oc(=O)c[c]c12. The van der Waals surface area contributed by atoms with Gasteiger partial charge in [-0.3, -0.25) is 0 Å². The predicted molar refractivity (Wildman–Crippen MR) is 46.1 cm³/mol. The van der Waals surface area contributed by atoms with Crippen LogP contribution in [0.4, 0.5) is 0 Å². The summed E-state index contributed by atoms with van der Waals surface area (Å²) >= 11 is 0. The van der Waals surface area contributed by atoms with E-state index >= 15 is 0 Å². The van der Waals surface area contributed by atoms with E-state index in [-0.39, 0.29) is 5.63 Å². The Bertz CT molecular complexity index is 468. The Balaban J connectivity index is 2.96. The van der Waals surface area contributed by atoms with Gasteiger partial charge in [0.2, 0.25) is 0 Å². The molecule has 2 rings (SSSR count). The van der Waals surface area contributed by atoms with Crippen molar-refractivity contribution in [2.45, 2.75) is 6.92 Å². The van der Waals surface area contributed by atoms with Crippen molar-refractivity contribution in [2.75, 3.05) is 0 Å². The molecule has 0 spiro atoms. The van der Waals surface area contributed by atoms with Crippen LogP contribution in [0.5, 0.6) is 0 Å². The maximum absolute atomic E-state index is 10.8. The first kappa shape index (κ1) is 7.10. The Morgan fingerprint density at radius 1 is 1.42 bits per heavy atom. The van der Waals surface area contributed by atoms with Crippen LogP contribution in [0.2, 0.25) is 0 Å². The molecule has 2 nitrogen and oxygen atoms in total. The summed E-state index contributed by atoms with van der Waals surface area (Å²) in [7, 11) is 0. The topological polar surface area (TPSA) is 30.2 Å². The van der Waals surface area contributed by atoms with Gasteiger partial charge in [0, 0.05) is 17.5 Å². The smallest absolute Gasteiger partial charge is 0.336 e. The molecule has 0 aliphatic rings. The van der Waals surface area contributed by atoms with Crippen LogP contribution in [-0.2, 0) is 0 Å². The molecule has 0 N–H and O–H groups in total. The van der Waals surface area contributed by atoms with Gasteiger partial charge >= 0.3 is 5.63 Å². The number of benzene rings is 1. The third-order valence-electron chi connectivity index (χ3n) is 1.78. The van der Waals surface area contributed by atoms with E-state index in [1.807, 2.05) is 19.1 Å². The maximum atomic E-state index is 10.8. The number of rotatable bonds is 0. The molecule has 0 fully saturated rings. The van der Waals surface area contributed by atoms with E-state index in [1.165, 1.54) is 6.07 Å². The molecule has 1 radical (unpaired) electrons. The van der Waals surface area contributed by atoms with Gasteiger partial charge in [-0.2, -0.15) is 0 Å². The van der Waals surface area contributed by atoms with E-state index in [9.17, 15) is 4.79 Å². The molecular formula is C10H7O2. The molecular weight excluding hydrogens is 152 g/mol. The Labute approximate surface area is 69.4 Å². The fraction of sp³-hybridized carbons (Fsp3) is 0.100. The van der Waals surface area contributed by atoms with Gasteiger partial charge < -0.3 is 4.42 Å². The van der Waals surface area contributed by atoms with Crippen LogP contribution in [0, 0.1) is 13.0 Å². The highest BCUT2D eigenvalue weighted by atomic mass is 16.4. The highest BCUT2D eigenvalue weighted by Crippen LogP contribution is 2.14. The van der Waals surface area contributed by atoms with Crippen LogP contribution in [-0.4, -0.2) is 0 Å². The number of hydrogen-bond acceptors (Lipinski definition) is 2. The Kier molecular flexibility index (Phi) is 1.47. The first-order chi connectivity index (χ1) is 5.77. The summed E-state index contributed by atoms with van der Waals surface area (Å²) in [4.78, 5) is 10.8. The summed E-state index contributed by atoms with van der Waals surface area (Å²) in [6.45, 7) is 1.96. The highest BCUT2D eigenvalue weighted by molar-refractivity contribution is 5.79. The molecule has 0 amide bonds. The first-order valence-corrected chi connectivity index (χ1v) is 3.68. The number of aryl methyl sites for hydroxylation is 1. The lowest BCUT2D eigenvalue weighted by Crippen LogP contribution is -1.94. The van der Waals surface area contributed by atoms with Crippen molar-refractivity contribution in [1.82, 2.24) is 0 Å². The van der Waals surface area contributed by atoms with Crippen LogP contribution in [0.15, 0.2) is 33.5 Å². The average molecular weight is 159 g/mol. The van der Waals surface area contributed by atoms with Crippen molar-refractivity contribution < 1.29 is 4.42 Å². The van der Waals surface area contributed by atoms with Gasteiger partial charge in [0.1, 0.15) is 5.58 Å². The molecule has 2 aromatic rings. The van der Waals surface area contributed by atoms with Crippen LogP contribution in [0.1, 0.15) is 5.56 Å². The highest BCUT2D eigenvalue weighted by Gasteiger charge is 1.97. The van der Waals surface area contributed by atoms with E-state index in [1.54, 1.807) is 6.07 Å². The van der Waals surface area contributed by atoms with E-state index < -0.39 is 0 Å². The van der Waals surface area contributed by atoms with Gasteiger partial charge in [-0.1, -0.05) is 12.1 Å². The fourth-order valence-electron chi connectivity index (χ4n) is 1.18. The molecule has 0 atom stereocenters. The molecule has 2 heteroatoms. The van der Waals surface area contributed by atoms with Crippen molar-refractivity contribution in [1.29, 1.82) is 0 Å². The molecule has 0 unspecified atom stereocenters. The van der Waals surface area contributed by atoms with Gasteiger partial charge in [0.15, 0.2) is 0 Å². The van der Waals surface area contributed by atoms with Gasteiger partial charge in [0.25, 0.3) is 0 Å². The van der Waals surface area contributed by atoms with E-state index in [4.69, 9.17) is 4.42 Å². The third-order valence-corrected chi connectivity index (χ3v) is 1.78. The molecule has 0 bridgehead atoms. The molecule has 1 heterocycles.